The Morgan fingerprint density at radius 1 is 1.46 bits per heavy atom. The van der Waals surface area contributed by atoms with Crippen molar-refractivity contribution in [2.24, 2.45) is 5.73 Å². The zero-order chi connectivity index (χ0) is 9.26. The number of halogens is 1. The molecule has 2 N–H and O–H groups in total. The fourth-order valence-electron chi connectivity index (χ4n) is 1.27. The highest BCUT2D eigenvalue weighted by atomic mass is 32.1. The number of fused-ring (bicyclic) bond motifs is 1. The minimum atomic E-state index is -0.179. The van der Waals surface area contributed by atoms with Crippen LogP contribution in [-0.2, 0) is 6.42 Å². The van der Waals surface area contributed by atoms with Crippen LogP contribution < -0.4 is 5.73 Å². The molecule has 0 unspecified atom stereocenters. The van der Waals surface area contributed by atoms with Gasteiger partial charge in [0.15, 0.2) is 0 Å². The van der Waals surface area contributed by atoms with Gasteiger partial charge in [-0.15, -0.1) is 11.3 Å². The summed E-state index contributed by atoms with van der Waals surface area (Å²) < 4.78 is 14.2. The lowest BCUT2D eigenvalue weighted by Gasteiger charge is -2.00. The molecular weight excluding hydrogens is 187 g/mol. The molecule has 0 radical (unpaired) electrons. The summed E-state index contributed by atoms with van der Waals surface area (Å²) in [5.41, 5.74) is 8.59. The van der Waals surface area contributed by atoms with Gasteiger partial charge < -0.3 is 5.73 Å². The largest absolute Gasteiger partial charge is 0.330 e. The summed E-state index contributed by atoms with van der Waals surface area (Å²) in [6, 6.07) is 3.30. The Labute approximate surface area is 79.2 Å². The molecule has 0 fully saturated rings. The second kappa shape index (κ2) is 3.40. The first-order valence-electron chi connectivity index (χ1n) is 4.03. The van der Waals surface area contributed by atoms with E-state index in [-0.39, 0.29) is 5.82 Å². The Morgan fingerprint density at radius 3 is 3.08 bits per heavy atom. The third kappa shape index (κ3) is 1.55. The third-order valence-corrected chi connectivity index (χ3v) is 2.70. The van der Waals surface area contributed by atoms with Crippen LogP contribution >= 0.6 is 11.3 Å². The second-order valence-electron chi connectivity index (χ2n) is 2.80. The predicted molar refractivity (Wildman–Crippen MR) is 52.3 cm³/mol. The molecule has 2 aromatic rings. The van der Waals surface area contributed by atoms with Crippen molar-refractivity contribution in [1.29, 1.82) is 0 Å². The smallest absolute Gasteiger partial charge is 0.128 e. The molecule has 0 spiro atoms. The summed E-state index contributed by atoms with van der Waals surface area (Å²) in [6.07, 6.45) is 0.569. The van der Waals surface area contributed by atoms with Gasteiger partial charge in [0.25, 0.3) is 0 Å². The van der Waals surface area contributed by atoms with Crippen molar-refractivity contribution in [2.45, 2.75) is 6.42 Å². The molecule has 68 valence electrons. The molecule has 2 rings (SSSR count). The number of aromatic nitrogens is 1. The van der Waals surface area contributed by atoms with E-state index >= 15 is 0 Å². The average Bonchev–Trinajstić information content (AvgIpc) is 2.52. The summed E-state index contributed by atoms with van der Waals surface area (Å²) in [5.74, 6) is -0.179. The molecule has 0 bridgehead atoms. The van der Waals surface area contributed by atoms with E-state index in [1.54, 1.807) is 11.6 Å². The van der Waals surface area contributed by atoms with Crippen molar-refractivity contribution < 1.29 is 4.39 Å². The van der Waals surface area contributed by atoms with Gasteiger partial charge in [-0.3, -0.25) is 0 Å². The Hall–Kier alpha value is -1.00. The van der Waals surface area contributed by atoms with Crippen LogP contribution in [0.25, 0.3) is 10.2 Å². The van der Waals surface area contributed by atoms with Gasteiger partial charge in [-0.05, 0) is 30.7 Å². The molecule has 0 aliphatic rings. The molecule has 0 atom stereocenters. The Morgan fingerprint density at radius 2 is 2.31 bits per heavy atom. The highest BCUT2D eigenvalue weighted by molar-refractivity contribution is 7.16. The Kier molecular flexibility index (Phi) is 2.24. The number of hydrogen-bond donors (Lipinski definition) is 1. The minimum absolute atomic E-state index is 0.179. The number of hydrogen-bond acceptors (Lipinski definition) is 3. The van der Waals surface area contributed by atoms with Crippen molar-refractivity contribution in [3.8, 4) is 0 Å². The molecule has 1 aromatic carbocycles. The van der Waals surface area contributed by atoms with Gasteiger partial charge in [-0.2, -0.15) is 0 Å². The first-order chi connectivity index (χ1) is 6.31. The monoisotopic (exact) mass is 196 g/mol. The highest BCUT2D eigenvalue weighted by Gasteiger charge is 2.05. The lowest BCUT2D eigenvalue weighted by atomic mass is 10.1. The van der Waals surface area contributed by atoms with Gasteiger partial charge in [-0.25, -0.2) is 9.37 Å². The van der Waals surface area contributed by atoms with Gasteiger partial charge in [0, 0.05) is 0 Å². The minimum Gasteiger partial charge on any atom is -0.330 e. The zero-order valence-corrected chi connectivity index (χ0v) is 7.77. The highest BCUT2D eigenvalue weighted by Crippen LogP contribution is 2.21. The normalized spacial score (nSPS) is 10.9. The van der Waals surface area contributed by atoms with Gasteiger partial charge in [0.05, 0.1) is 15.7 Å². The standard InChI is InChI=1S/C9H9FN2S/c10-7-4-9-8(12-5-13-9)3-6(7)1-2-11/h3-5H,1-2,11H2. The average molecular weight is 196 g/mol. The Bertz CT molecular complexity index is 424. The zero-order valence-electron chi connectivity index (χ0n) is 6.96. The second-order valence-corrected chi connectivity index (χ2v) is 3.69. The molecule has 0 amide bonds. The van der Waals surface area contributed by atoms with Crippen LogP contribution in [0.2, 0.25) is 0 Å². The number of rotatable bonds is 2. The van der Waals surface area contributed by atoms with Gasteiger partial charge >= 0.3 is 0 Å². The van der Waals surface area contributed by atoms with Crippen LogP contribution in [0.3, 0.4) is 0 Å². The molecular formula is C9H9FN2S. The molecule has 0 saturated carbocycles. The lowest BCUT2D eigenvalue weighted by molar-refractivity contribution is 0.612. The summed E-state index contributed by atoms with van der Waals surface area (Å²) in [6.45, 7) is 0.465. The predicted octanol–water partition coefficient (Wildman–Crippen LogP) is 1.94. The van der Waals surface area contributed by atoms with Crippen LogP contribution in [-0.4, -0.2) is 11.5 Å². The van der Waals surface area contributed by atoms with E-state index in [1.807, 2.05) is 0 Å². The maximum atomic E-state index is 13.3. The molecule has 4 heteroatoms. The van der Waals surface area contributed by atoms with Crippen LogP contribution in [0.15, 0.2) is 17.6 Å². The van der Waals surface area contributed by atoms with Gasteiger partial charge in [0.1, 0.15) is 5.82 Å². The molecule has 0 aliphatic heterocycles. The Balaban J connectivity index is 2.56. The van der Waals surface area contributed by atoms with Gasteiger partial charge in [-0.1, -0.05) is 0 Å². The van der Waals surface area contributed by atoms with Crippen molar-refractivity contribution in [2.75, 3.05) is 6.54 Å². The van der Waals surface area contributed by atoms with Crippen molar-refractivity contribution in [1.82, 2.24) is 4.98 Å². The van der Waals surface area contributed by atoms with E-state index in [1.165, 1.54) is 17.4 Å². The molecule has 13 heavy (non-hydrogen) atoms. The van der Waals surface area contributed by atoms with Crippen LogP contribution in [0, 0.1) is 5.82 Å². The maximum Gasteiger partial charge on any atom is 0.128 e. The van der Waals surface area contributed by atoms with E-state index in [0.29, 0.717) is 18.5 Å². The summed E-state index contributed by atoms with van der Waals surface area (Å²) in [4.78, 5) is 4.11. The molecule has 0 aliphatic carbocycles. The van der Waals surface area contributed by atoms with Gasteiger partial charge in [0.2, 0.25) is 0 Å². The maximum absolute atomic E-state index is 13.3. The SMILES string of the molecule is NCCc1cc2ncsc2cc1F. The van der Waals surface area contributed by atoms with Crippen LogP contribution in [0.1, 0.15) is 5.56 Å². The van der Waals surface area contributed by atoms with Crippen molar-refractivity contribution in [3.63, 3.8) is 0 Å². The summed E-state index contributed by atoms with van der Waals surface area (Å²) in [7, 11) is 0. The van der Waals surface area contributed by atoms with E-state index in [9.17, 15) is 4.39 Å². The molecule has 1 heterocycles. The number of benzene rings is 1. The van der Waals surface area contributed by atoms with E-state index in [4.69, 9.17) is 5.73 Å². The number of nitrogens with zero attached hydrogens (tertiary/aromatic N) is 1. The summed E-state index contributed by atoms with van der Waals surface area (Å²) >= 11 is 1.45. The third-order valence-electron chi connectivity index (χ3n) is 1.91. The number of nitrogens with two attached hydrogens (primary N) is 1. The van der Waals surface area contributed by atoms with Crippen molar-refractivity contribution >= 4 is 21.6 Å². The van der Waals surface area contributed by atoms with Crippen molar-refractivity contribution in [3.05, 3.63) is 29.0 Å². The lowest BCUT2D eigenvalue weighted by Crippen LogP contribution is -2.04. The van der Waals surface area contributed by atoms with E-state index in [2.05, 4.69) is 4.98 Å². The first-order valence-corrected chi connectivity index (χ1v) is 4.91. The topological polar surface area (TPSA) is 38.9 Å². The fourth-order valence-corrected chi connectivity index (χ4v) is 1.95. The molecule has 2 nitrogen and oxygen atoms in total. The summed E-state index contributed by atoms with van der Waals surface area (Å²) in [5, 5.41) is 0. The van der Waals surface area contributed by atoms with E-state index in [0.717, 1.165) is 10.2 Å². The van der Waals surface area contributed by atoms with Crippen LogP contribution in [0.4, 0.5) is 4.39 Å². The molecule has 1 aromatic heterocycles. The number of thiazole rings is 1. The fraction of sp³-hybridized carbons (Fsp3) is 0.222. The van der Waals surface area contributed by atoms with Crippen LogP contribution in [0.5, 0.6) is 0 Å². The van der Waals surface area contributed by atoms with E-state index < -0.39 is 0 Å². The first kappa shape index (κ1) is 8.59. The quantitative estimate of drug-likeness (QED) is 0.797. The molecule has 0 saturated heterocycles.